The van der Waals surface area contributed by atoms with E-state index in [0.29, 0.717) is 30.8 Å². The predicted molar refractivity (Wildman–Crippen MR) is 178 cm³/mol. The van der Waals surface area contributed by atoms with Crippen LogP contribution in [0.1, 0.15) is 61.8 Å². The van der Waals surface area contributed by atoms with Gasteiger partial charge in [-0.3, -0.25) is 9.69 Å². The van der Waals surface area contributed by atoms with Gasteiger partial charge < -0.3 is 5.11 Å². The summed E-state index contributed by atoms with van der Waals surface area (Å²) in [6, 6.07) is 19.0. The number of nitrogens with zero attached hydrogens (tertiary/aromatic N) is 5. The second kappa shape index (κ2) is 14.4. The number of halogens is 4. The molecule has 0 bridgehead atoms. The maximum atomic E-state index is 13.8. The Bertz CT molecular complexity index is 1800. The average Bonchev–Trinajstić information content (AvgIpc) is 3.04. The highest BCUT2D eigenvalue weighted by molar-refractivity contribution is 5.68. The molecule has 1 aromatic heterocycles. The predicted octanol–water partition coefficient (Wildman–Crippen LogP) is 6.99. The molecule has 11 heteroatoms. The third-order valence-corrected chi connectivity index (χ3v) is 8.96. The van der Waals surface area contributed by atoms with Crippen molar-refractivity contribution >= 4 is 5.90 Å². The van der Waals surface area contributed by atoms with Gasteiger partial charge in [0.25, 0.3) is 5.56 Å². The first-order valence-electron chi connectivity index (χ1n) is 16.2. The minimum Gasteiger partial charge on any atom is -0.462 e. The zero-order valence-corrected chi connectivity index (χ0v) is 27.8. The SMILES string of the molecule is Cc1nn(CC(O)=[N+](Cc2ccc(-c3ccc(C(F)(F)F)cc3)cc2)C2CCN(C(C)(C)C)CC2)c(CCc2cccc(F)c2)nc1=O. The summed E-state index contributed by atoms with van der Waals surface area (Å²) >= 11 is 0. The van der Waals surface area contributed by atoms with Crippen LogP contribution in [0.15, 0.2) is 77.6 Å². The van der Waals surface area contributed by atoms with Crippen molar-refractivity contribution in [2.75, 3.05) is 13.1 Å². The van der Waals surface area contributed by atoms with Gasteiger partial charge >= 0.3 is 12.1 Å². The van der Waals surface area contributed by atoms with Crippen LogP contribution in [0.25, 0.3) is 11.1 Å². The standard InChI is InChI=1S/C37H41F4N5O2/c1-25-35(48)42-33(17-10-26-6-5-7-31(38)22-26)46(43-25)24-34(47)45(32-18-20-44(21-19-32)36(2,3)4)23-27-8-11-28(12-9-27)29-13-15-30(16-14-29)37(39,40)41/h5-9,11-16,22,32H,10,17-21,23-24H2,1-4H3/p+1. The van der Waals surface area contributed by atoms with Gasteiger partial charge in [-0.15, -0.1) is 0 Å². The van der Waals surface area contributed by atoms with Crippen molar-refractivity contribution in [3.8, 4) is 11.1 Å². The van der Waals surface area contributed by atoms with Crippen LogP contribution in [0.5, 0.6) is 0 Å². The van der Waals surface area contributed by atoms with Crippen LogP contribution in [0.4, 0.5) is 17.6 Å². The van der Waals surface area contributed by atoms with Gasteiger partial charge in [-0.25, -0.2) is 9.07 Å². The number of aryl methyl sites for hydroxylation is 3. The lowest BCUT2D eigenvalue weighted by atomic mass is 9.97. The number of aromatic nitrogens is 3. The van der Waals surface area contributed by atoms with E-state index in [9.17, 15) is 27.5 Å². The highest BCUT2D eigenvalue weighted by Gasteiger charge is 2.34. The van der Waals surface area contributed by atoms with Crippen molar-refractivity contribution < 1.29 is 27.2 Å². The third kappa shape index (κ3) is 8.74. The normalized spacial score (nSPS) is 15.4. The minimum absolute atomic E-state index is 0.00424. The molecule has 1 N–H and O–H groups in total. The van der Waals surface area contributed by atoms with Gasteiger partial charge in [-0.2, -0.15) is 27.8 Å². The number of hydrogen-bond donors (Lipinski definition) is 1. The van der Waals surface area contributed by atoms with E-state index in [1.807, 2.05) is 34.9 Å². The van der Waals surface area contributed by atoms with Crippen molar-refractivity contribution in [3.05, 3.63) is 117 Å². The molecule has 0 aliphatic carbocycles. The van der Waals surface area contributed by atoms with Gasteiger partial charge in [0.05, 0.1) is 5.56 Å². The molecule has 0 amide bonds. The summed E-state index contributed by atoms with van der Waals surface area (Å²) in [5.41, 5.74) is 2.24. The maximum Gasteiger partial charge on any atom is 0.416 e. The average molecular weight is 665 g/mol. The van der Waals surface area contributed by atoms with Gasteiger partial charge in [0.2, 0.25) is 0 Å². The third-order valence-electron chi connectivity index (χ3n) is 8.96. The number of benzene rings is 3. The van der Waals surface area contributed by atoms with E-state index in [1.54, 1.807) is 17.7 Å². The molecule has 5 rings (SSSR count). The molecule has 1 aliphatic heterocycles. The second-order valence-corrected chi connectivity index (χ2v) is 13.4. The Hall–Kier alpha value is -4.38. The zero-order chi connectivity index (χ0) is 34.6. The van der Waals surface area contributed by atoms with Gasteiger partial charge in [-0.05, 0) is 75.1 Å². The lowest BCUT2D eigenvalue weighted by molar-refractivity contribution is -0.593. The van der Waals surface area contributed by atoms with Crippen LogP contribution in [-0.2, 0) is 32.1 Å². The first-order valence-corrected chi connectivity index (χ1v) is 16.2. The van der Waals surface area contributed by atoms with E-state index in [-0.39, 0.29) is 35.5 Å². The fourth-order valence-electron chi connectivity index (χ4n) is 6.15. The van der Waals surface area contributed by atoms with Crippen LogP contribution >= 0.6 is 0 Å². The first kappa shape index (κ1) is 34.9. The summed E-state index contributed by atoms with van der Waals surface area (Å²) in [6.45, 7) is 10.3. The minimum atomic E-state index is -4.39. The number of aliphatic hydroxyl groups excluding tert-OH is 1. The Morgan fingerprint density at radius 3 is 2.12 bits per heavy atom. The number of hydrogen-bond acceptors (Lipinski definition) is 4. The summed E-state index contributed by atoms with van der Waals surface area (Å²) in [7, 11) is 0. The maximum absolute atomic E-state index is 13.8. The molecule has 4 aromatic rings. The van der Waals surface area contributed by atoms with Crippen LogP contribution in [0, 0.1) is 12.7 Å². The zero-order valence-electron chi connectivity index (χ0n) is 27.8. The molecule has 3 aromatic carbocycles. The second-order valence-electron chi connectivity index (χ2n) is 13.4. The molecule has 1 aliphatic rings. The Kier molecular flexibility index (Phi) is 10.5. The van der Waals surface area contributed by atoms with Crippen LogP contribution in [0.3, 0.4) is 0 Å². The van der Waals surface area contributed by atoms with Crippen molar-refractivity contribution in [2.24, 2.45) is 0 Å². The monoisotopic (exact) mass is 664 g/mol. The van der Waals surface area contributed by atoms with Gasteiger partial charge in [-0.1, -0.05) is 48.5 Å². The van der Waals surface area contributed by atoms with E-state index in [4.69, 9.17) is 0 Å². The van der Waals surface area contributed by atoms with Crippen LogP contribution < -0.4 is 5.56 Å². The molecule has 0 radical (unpaired) electrons. The molecule has 2 heterocycles. The van der Waals surface area contributed by atoms with Gasteiger partial charge in [0.15, 0.2) is 19.1 Å². The fraction of sp³-hybridized carbons (Fsp3) is 0.405. The number of rotatable bonds is 9. The molecule has 0 atom stereocenters. The molecule has 7 nitrogen and oxygen atoms in total. The number of piperidine rings is 1. The smallest absolute Gasteiger partial charge is 0.416 e. The summed E-state index contributed by atoms with van der Waals surface area (Å²) in [4.78, 5) is 19.2. The van der Waals surface area contributed by atoms with Crippen LogP contribution in [-0.4, -0.2) is 59.9 Å². The van der Waals surface area contributed by atoms with E-state index in [0.717, 1.165) is 54.8 Å². The van der Waals surface area contributed by atoms with Crippen molar-refractivity contribution in [1.82, 2.24) is 19.7 Å². The quantitative estimate of drug-likeness (QED) is 0.0904. The summed E-state index contributed by atoms with van der Waals surface area (Å²) in [5.74, 6) is 0.136. The van der Waals surface area contributed by atoms with Crippen molar-refractivity contribution in [3.63, 3.8) is 0 Å². The van der Waals surface area contributed by atoms with Crippen molar-refractivity contribution in [2.45, 2.75) is 84.2 Å². The van der Waals surface area contributed by atoms with E-state index >= 15 is 0 Å². The Morgan fingerprint density at radius 2 is 1.54 bits per heavy atom. The van der Waals surface area contributed by atoms with E-state index in [1.165, 1.54) is 24.3 Å². The number of alkyl halides is 3. The first-order chi connectivity index (χ1) is 22.7. The topological polar surface area (TPSA) is 74.3 Å². The van der Waals surface area contributed by atoms with Crippen LogP contribution in [0.2, 0.25) is 0 Å². The molecule has 0 unspecified atom stereocenters. The summed E-state index contributed by atoms with van der Waals surface area (Å²) in [5, 5.41) is 16.2. The number of likely N-dealkylation sites (tertiary alicyclic amines) is 1. The van der Waals surface area contributed by atoms with E-state index in [2.05, 4.69) is 35.8 Å². The van der Waals surface area contributed by atoms with Gasteiger partial charge in [0.1, 0.15) is 17.3 Å². The Labute approximate surface area is 278 Å². The molecule has 254 valence electrons. The number of aliphatic hydroxyl groups is 1. The lowest BCUT2D eigenvalue weighted by Crippen LogP contribution is -2.50. The molecular formula is C37H42F4N5O2+. The molecule has 48 heavy (non-hydrogen) atoms. The highest BCUT2D eigenvalue weighted by Crippen LogP contribution is 2.31. The lowest BCUT2D eigenvalue weighted by Gasteiger charge is -2.39. The molecule has 0 spiro atoms. The summed E-state index contributed by atoms with van der Waals surface area (Å²) in [6.07, 6.45) is -1.97. The molecule has 1 fully saturated rings. The molecular weight excluding hydrogens is 622 g/mol. The largest absolute Gasteiger partial charge is 0.462 e. The summed E-state index contributed by atoms with van der Waals surface area (Å²) < 4.78 is 56.5. The Morgan fingerprint density at radius 1 is 0.917 bits per heavy atom. The fourth-order valence-corrected chi connectivity index (χ4v) is 6.15. The molecule has 0 saturated carbocycles. The van der Waals surface area contributed by atoms with E-state index < -0.39 is 17.3 Å². The van der Waals surface area contributed by atoms with Crippen molar-refractivity contribution in [1.29, 1.82) is 0 Å². The highest BCUT2D eigenvalue weighted by atomic mass is 19.4. The Balaban J connectivity index is 1.42. The molecule has 1 saturated heterocycles. The van der Waals surface area contributed by atoms with Gasteiger partial charge in [0, 0.05) is 43.5 Å².